The molecule has 3 heteroatoms. The van der Waals surface area contributed by atoms with Gasteiger partial charge in [-0.3, -0.25) is 4.79 Å². The van der Waals surface area contributed by atoms with Crippen LogP contribution in [0.25, 0.3) is 0 Å². The number of ether oxygens (including phenoxy) is 2. The Labute approximate surface area is 113 Å². The van der Waals surface area contributed by atoms with Crippen LogP contribution in [0.1, 0.15) is 42.6 Å². The first-order valence-corrected chi connectivity index (χ1v) is 6.99. The number of carbonyl (C=O) groups is 1. The van der Waals surface area contributed by atoms with Gasteiger partial charge in [-0.15, -0.1) is 0 Å². The highest BCUT2D eigenvalue weighted by atomic mass is 16.5. The summed E-state index contributed by atoms with van der Waals surface area (Å²) in [5, 5.41) is 0. The van der Waals surface area contributed by atoms with Crippen molar-refractivity contribution in [1.82, 2.24) is 0 Å². The maximum atomic E-state index is 12.5. The lowest BCUT2D eigenvalue weighted by Crippen LogP contribution is -2.24. The quantitative estimate of drug-likeness (QED) is 0.767. The van der Waals surface area contributed by atoms with E-state index in [4.69, 9.17) is 9.47 Å². The molecule has 0 atom stereocenters. The molecule has 0 aliphatic carbocycles. The first kappa shape index (κ1) is 12.7. The van der Waals surface area contributed by atoms with Crippen LogP contribution >= 0.6 is 0 Å². The number of hydrogen-bond donors (Lipinski definition) is 0. The minimum absolute atomic E-state index is 0.127. The molecule has 0 radical (unpaired) electrons. The molecule has 1 aromatic carbocycles. The molecule has 1 fully saturated rings. The van der Waals surface area contributed by atoms with Crippen LogP contribution in [0, 0.1) is 5.92 Å². The third-order valence-corrected chi connectivity index (χ3v) is 3.94. The molecule has 1 saturated heterocycles. The predicted octanol–water partition coefficient (Wildman–Crippen LogP) is 3.01. The molecule has 1 aromatic rings. The summed E-state index contributed by atoms with van der Waals surface area (Å²) in [5.41, 5.74) is 1.83. The first-order valence-electron chi connectivity index (χ1n) is 6.99. The van der Waals surface area contributed by atoms with Gasteiger partial charge in [0.2, 0.25) is 0 Å². The van der Waals surface area contributed by atoms with Gasteiger partial charge in [-0.05, 0) is 50.5 Å². The monoisotopic (exact) mass is 260 g/mol. The molecular weight excluding hydrogens is 240 g/mol. The summed E-state index contributed by atoms with van der Waals surface area (Å²) in [6.07, 6.45) is 2.56. The Morgan fingerprint density at radius 1 is 1.26 bits per heavy atom. The van der Waals surface area contributed by atoms with Gasteiger partial charge in [0.05, 0.1) is 0 Å². The summed E-state index contributed by atoms with van der Waals surface area (Å²) in [6.45, 7) is 5.56. The summed E-state index contributed by atoms with van der Waals surface area (Å²) < 4.78 is 11.2. The maximum Gasteiger partial charge on any atom is 0.166 e. The number of ketones is 1. The van der Waals surface area contributed by atoms with Crippen molar-refractivity contribution in [2.75, 3.05) is 13.2 Å². The van der Waals surface area contributed by atoms with Gasteiger partial charge >= 0.3 is 0 Å². The molecule has 0 aromatic heterocycles. The second-order valence-electron chi connectivity index (χ2n) is 6.11. The third-order valence-electron chi connectivity index (χ3n) is 3.94. The zero-order valence-corrected chi connectivity index (χ0v) is 11.6. The molecule has 3 rings (SSSR count). The van der Waals surface area contributed by atoms with Crippen LogP contribution in [0.15, 0.2) is 18.2 Å². The van der Waals surface area contributed by atoms with Gasteiger partial charge < -0.3 is 9.47 Å². The first-order chi connectivity index (χ1) is 9.05. The van der Waals surface area contributed by atoms with E-state index in [0.717, 1.165) is 36.1 Å². The Morgan fingerprint density at radius 2 is 2.00 bits per heavy atom. The van der Waals surface area contributed by atoms with Crippen LogP contribution in [0.4, 0.5) is 0 Å². The molecule has 0 saturated carbocycles. The van der Waals surface area contributed by atoms with Crippen LogP contribution < -0.4 is 4.74 Å². The van der Waals surface area contributed by atoms with E-state index in [0.29, 0.717) is 13.2 Å². The van der Waals surface area contributed by atoms with Crippen LogP contribution in [0.5, 0.6) is 5.75 Å². The lowest BCUT2D eigenvalue weighted by Gasteiger charge is -2.20. The Morgan fingerprint density at radius 3 is 2.74 bits per heavy atom. The Balaban J connectivity index is 1.81. The van der Waals surface area contributed by atoms with Crippen LogP contribution in [0.2, 0.25) is 0 Å². The maximum absolute atomic E-state index is 12.5. The largest absolute Gasteiger partial charge is 0.487 e. The fraction of sp³-hybridized carbons (Fsp3) is 0.562. The van der Waals surface area contributed by atoms with Crippen molar-refractivity contribution in [3.8, 4) is 5.75 Å². The van der Waals surface area contributed by atoms with Crippen molar-refractivity contribution in [3.63, 3.8) is 0 Å². The fourth-order valence-corrected chi connectivity index (χ4v) is 2.96. The molecule has 0 unspecified atom stereocenters. The number of hydrogen-bond acceptors (Lipinski definition) is 3. The summed E-state index contributed by atoms with van der Waals surface area (Å²) in [4.78, 5) is 12.5. The van der Waals surface area contributed by atoms with E-state index in [1.54, 1.807) is 0 Å². The van der Waals surface area contributed by atoms with Gasteiger partial charge in [0.15, 0.2) is 5.78 Å². The van der Waals surface area contributed by atoms with Crippen molar-refractivity contribution in [1.29, 1.82) is 0 Å². The van der Waals surface area contributed by atoms with E-state index >= 15 is 0 Å². The highest BCUT2D eigenvalue weighted by Gasteiger charge is 2.31. The Hall–Kier alpha value is -1.35. The van der Waals surface area contributed by atoms with Crippen molar-refractivity contribution in [2.24, 2.45) is 5.92 Å². The number of carbonyl (C=O) groups excluding carboxylic acids is 1. The van der Waals surface area contributed by atoms with E-state index in [1.807, 2.05) is 18.2 Å². The van der Waals surface area contributed by atoms with Gasteiger partial charge in [-0.1, -0.05) is 0 Å². The molecule has 0 N–H and O–H groups in total. The number of rotatable bonds is 2. The van der Waals surface area contributed by atoms with Crippen LogP contribution in [0.3, 0.4) is 0 Å². The molecule has 19 heavy (non-hydrogen) atoms. The Bertz CT molecular complexity index is 499. The predicted molar refractivity (Wildman–Crippen MR) is 72.7 cm³/mol. The zero-order chi connectivity index (χ0) is 13.5. The van der Waals surface area contributed by atoms with Gasteiger partial charge in [0, 0.05) is 31.1 Å². The average Bonchev–Trinajstić information content (AvgIpc) is 2.71. The lowest BCUT2D eigenvalue weighted by molar-refractivity contribution is 0.0545. The van der Waals surface area contributed by atoms with Crippen molar-refractivity contribution < 1.29 is 14.3 Å². The fourth-order valence-electron chi connectivity index (χ4n) is 2.96. The van der Waals surface area contributed by atoms with Gasteiger partial charge in [0.1, 0.15) is 11.4 Å². The molecule has 0 spiro atoms. The SMILES string of the molecule is CC1(C)Cc2cc(C(=O)C3CCOCC3)ccc2O1. The standard InChI is InChI=1S/C16H20O3/c1-16(2)10-13-9-12(3-4-14(13)19-16)15(17)11-5-7-18-8-6-11/h3-4,9,11H,5-8,10H2,1-2H3. The molecule has 2 heterocycles. The van der Waals surface area contributed by atoms with E-state index in [2.05, 4.69) is 13.8 Å². The second-order valence-corrected chi connectivity index (χ2v) is 6.11. The van der Waals surface area contributed by atoms with Crippen molar-refractivity contribution in [3.05, 3.63) is 29.3 Å². The summed E-state index contributed by atoms with van der Waals surface area (Å²) in [7, 11) is 0. The van der Waals surface area contributed by atoms with Gasteiger partial charge in [-0.25, -0.2) is 0 Å². The summed E-state index contributed by atoms with van der Waals surface area (Å²) in [5.74, 6) is 1.31. The normalized spacial score (nSPS) is 21.8. The van der Waals surface area contributed by atoms with E-state index < -0.39 is 0 Å². The molecular formula is C16H20O3. The third kappa shape index (κ3) is 2.52. The zero-order valence-electron chi connectivity index (χ0n) is 11.6. The molecule has 3 nitrogen and oxygen atoms in total. The minimum atomic E-state index is -0.150. The Kier molecular flexibility index (Phi) is 3.09. The smallest absolute Gasteiger partial charge is 0.166 e. The number of benzene rings is 1. The van der Waals surface area contributed by atoms with Crippen molar-refractivity contribution >= 4 is 5.78 Å². The molecule has 0 amide bonds. The second kappa shape index (κ2) is 4.64. The van der Waals surface area contributed by atoms with E-state index in [1.165, 1.54) is 0 Å². The van der Waals surface area contributed by atoms with Crippen molar-refractivity contribution in [2.45, 2.75) is 38.7 Å². The van der Waals surface area contributed by atoms with Crippen LogP contribution in [-0.4, -0.2) is 24.6 Å². The van der Waals surface area contributed by atoms with Crippen LogP contribution in [-0.2, 0) is 11.2 Å². The topological polar surface area (TPSA) is 35.5 Å². The minimum Gasteiger partial charge on any atom is -0.487 e. The van der Waals surface area contributed by atoms with E-state index in [9.17, 15) is 4.79 Å². The number of fused-ring (bicyclic) bond motifs is 1. The number of Topliss-reactive ketones (excluding diaryl/α,β-unsaturated/α-hetero) is 1. The highest BCUT2D eigenvalue weighted by Crippen LogP contribution is 2.35. The average molecular weight is 260 g/mol. The lowest BCUT2D eigenvalue weighted by atomic mass is 9.89. The van der Waals surface area contributed by atoms with Gasteiger partial charge in [0.25, 0.3) is 0 Å². The highest BCUT2D eigenvalue weighted by molar-refractivity contribution is 5.98. The summed E-state index contributed by atoms with van der Waals surface area (Å²) in [6, 6.07) is 5.86. The molecule has 102 valence electrons. The molecule has 2 aliphatic rings. The van der Waals surface area contributed by atoms with Gasteiger partial charge in [-0.2, -0.15) is 0 Å². The molecule has 0 bridgehead atoms. The molecule has 2 aliphatic heterocycles. The van der Waals surface area contributed by atoms with E-state index in [-0.39, 0.29) is 17.3 Å². The summed E-state index contributed by atoms with van der Waals surface area (Å²) >= 11 is 0.